The number of anilines is 1. The molecule has 42 heavy (non-hydrogen) atoms. The Morgan fingerprint density at radius 1 is 1.19 bits per heavy atom. The molecule has 0 aliphatic heterocycles. The molecule has 5 aromatic rings. The van der Waals surface area contributed by atoms with Crippen molar-refractivity contribution in [3.8, 4) is 17.0 Å². The topological polar surface area (TPSA) is 122 Å². The normalized spacial score (nSPS) is 11.9. The van der Waals surface area contributed by atoms with Crippen LogP contribution in [-0.4, -0.2) is 64.7 Å². The summed E-state index contributed by atoms with van der Waals surface area (Å²) in [7, 11) is -0.0718. The molecule has 4 heterocycles. The van der Waals surface area contributed by atoms with Gasteiger partial charge < -0.3 is 19.5 Å². The molecule has 1 aromatic carbocycles. The molecule has 1 N–H and O–H groups in total. The average Bonchev–Trinajstić information content (AvgIpc) is 3.66. The van der Waals surface area contributed by atoms with Crippen LogP contribution in [0, 0.1) is 0 Å². The monoisotopic (exact) mass is 614 g/mol. The van der Waals surface area contributed by atoms with Crippen LogP contribution in [0.3, 0.4) is 0 Å². The first-order valence-electron chi connectivity index (χ1n) is 12.9. The number of halogens is 2. The van der Waals surface area contributed by atoms with Gasteiger partial charge in [0.25, 0.3) is 5.91 Å². The van der Waals surface area contributed by atoms with Crippen LogP contribution in [0.15, 0.2) is 49.1 Å². The molecule has 0 saturated heterocycles. The van der Waals surface area contributed by atoms with Gasteiger partial charge in [-0.2, -0.15) is 19.0 Å². The van der Waals surface area contributed by atoms with Crippen LogP contribution in [0.2, 0.25) is 25.7 Å². The van der Waals surface area contributed by atoms with Crippen molar-refractivity contribution in [3.63, 3.8) is 0 Å². The number of carbonyl (C=O) groups is 2. The number of nitrogens with one attached hydrogen (secondary N) is 1. The maximum absolute atomic E-state index is 13.5. The Balaban J connectivity index is 1.56. The third kappa shape index (κ3) is 6.47. The predicted molar refractivity (Wildman–Crippen MR) is 156 cm³/mol. The summed E-state index contributed by atoms with van der Waals surface area (Å²) in [5.41, 5.74) is 1.14. The number of methoxy groups -OCH3 is 1. The van der Waals surface area contributed by atoms with Gasteiger partial charge in [-0.15, -0.1) is 11.3 Å². The van der Waals surface area contributed by atoms with E-state index in [1.165, 1.54) is 28.6 Å². The van der Waals surface area contributed by atoms with E-state index in [4.69, 9.17) is 14.2 Å². The molecule has 0 atom stereocenters. The Morgan fingerprint density at radius 2 is 2.00 bits per heavy atom. The molecule has 0 aliphatic rings. The fourth-order valence-electron chi connectivity index (χ4n) is 4.14. The fourth-order valence-corrected chi connectivity index (χ4v) is 5.90. The number of esters is 1. The minimum Gasteiger partial charge on any atom is -0.465 e. The van der Waals surface area contributed by atoms with Crippen LogP contribution in [0.5, 0.6) is 5.75 Å². The number of carbonyl (C=O) groups excluding carboxylic acids is 2. The van der Waals surface area contributed by atoms with Crippen LogP contribution in [0.1, 0.15) is 20.0 Å². The highest BCUT2D eigenvalue weighted by atomic mass is 32.1. The number of aromatic nitrogens is 5. The van der Waals surface area contributed by atoms with Gasteiger partial charge in [-0.3, -0.25) is 4.79 Å². The minimum absolute atomic E-state index is 0.0738. The van der Waals surface area contributed by atoms with E-state index < -0.39 is 26.6 Å². The molecule has 220 valence electrons. The summed E-state index contributed by atoms with van der Waals surface area (Å²) in [5.74, 6) is -1.25. The van der Waals surface area contributed by atoms with Crippen molar-refractivity contribution in [1.82, 2.24) is 24.4 Å². The summed E-state index contributed by atoms with van der Waals surface area (Å²) in [5, 5.41) is 12.1. The third-order valence-electron chi connectivity index (χ3n) is 6.23. The van der Waals surface area contributed by atoms with E-state index in [2.05, 4.69) is 40.1 Å². The quantitative estimate of drug-likeness (QED) is 0.113. The number of fused-ring (bicyclic) bond motifs is 2. The number of alkyl halides is 2. The maximum Gasteiger partial charge on any atom is 0.387 e. The molecule has 0 unspecified atom stereocenters. The van der Waals surface area contributed by atoms with Gasteiger partial charge in [0.15, 0.2) is 5.65 Å². The zero-order chi connectivity index (χ0) is 30.0. The summed E-state index contributed by atoms with van der Waals surface area (Å²) in [4.78, 5) is 30.0. The highest BCUT2D eigenvalue weighted by Crippen LogP contribution is 2.40. The molecular weight excluding hydrogens is 586 g/mol. The second-order valence-corrected chi connectivity index (χ2v) is 17.3. The van der Waals surface area contributed by atoms with E-state index in [0.717, 1.165) is 17.4 Å². The molecule has 0 radical (unpaired) electrons. The number of nitrogens with zero attached hydrogens (tertiary/aromatic N) is 5. The summed E-state index contributed by atoms with van der Waals surface area (Å²) < 4.78 is 46.2. The molecule has 0 aliphatic carbocycles. The second-order valence-electron chi connectivity index (χ2n) is 10.5. The van der Waals surface area contributed by atoms with E-state index in [0.29, 0.717) is 27.2 Å². The Bertz CT molecular complexity index is 1760. The molecular formula is C27H28F2N6O5SSi. The molecule has 1 amide bonds. The van der Waals surface area contributed by atoms with Crippen LogP contribution < -0.4 is 10.1 Å². The van der Waals surface area contributed by atoms with E-state index in [1.807, 2.05) is 0 Å². The van der Waals surface area contributed by atoms with Crippen molar-refractivity contribution in [3.05, 3.63) is 59.5 Å². The standard InChI is InChI=1S/C27H28F2N6O5SSi/c1-38-26(37)22-11-16-10-20(40-27(28)29)17(12-21(16)41-22)23-19(14-34(33-23)15-39-8-9-42(2,3)4)32-25(36)18-13-31-35-7-5-6-30-24(18)35/h5-7,10-14,27H,8-9,15H2,1-4H3,(H,32,36). The van der Waals surface area contributed by atoms with Crippen molar-refractivity contribution in [1.29, 1.82) is 0 Å². The number of rotatable bonds is 11. The Kier molecular flexibility index (Phi) is 8.33. The summed E-state index contributed by atoms with van der Waals surface area (Å²) in [6, 6.07) is 7.17. The van der Waals surface area contributed by atoms with Gasteiger partial charge in [0.2, 0.25) is 0 Å². The molecule has 0 saturated carbocycles. The molecule has 15 heteroatoms. The van der Waals surface area contributed by atoms with E-state index >= 15 is 0 Å². The van der Waals surface area contributed by atoms with Gasteiger partial charge in [-0.1, -0.05) is 19.6 Å². The van der Waals surface area contributed by atoms with Gasteiger partial charge in [-0.25, -0.2) is 19.0 Å². The van der Waals surface area contributed by atoms with Crippen LogP contribution in [0.4, 0.5) is 14.5 Å². The first-order chi connectivity index (χ1) is 20.0. The SMILES string of the molecule is COC(=O)c1cc2cc(OC(F)F)c(-c3nn(COCC[Si](C)(C)C)cc3NC(=O)c3cnn4cccnc34)cc2s1. The fraction of sp³-hybridized carbons (Fsp3) is 0.296. The van der Waals surface area contributed by atoms with Gasteiger partial charge in [0.1, 0.15) is 28.6 Å². The minimum atomic E-state index is -3.13. The summed E-state index contributed by atoms with van der Waals surface area (Å²) in [6.07, 6.45) is 6.15. The Labute approximate surface area is 244 Å². The predicted octanol–water partition coefficient (Wildman–Crippen LogP) is 5.76. The Morgan fingerprint density at radius 3 is 2.74 bits per heavy atom. The smallest absolute Gasteiger partial charge is 0.387 e. The highest BCUT2D eigenvalue weighted by Gasteiger charge is 2.24. The Hall–Kier alpha value is -4.21. The van der Waals surface area contributed by atoms with Crippen LogP contribution >= 0.6 is 11.3 Å². The second kappa shape index (κ2) is 12.0. The largest absolute Gasteiger partial charge is 0.465 e. The number of benzene rings is 1. The lowest BCUT2D eigenvalue weighted by Crippen LogP contribution is -2.22. The molecule has 5 rings (SSSR count). The van der Waals surface area contributed by atoms with Crippen molar-refractivity contribution >= 4 is 52.7 Å². The lowest BCUT2D eigenvalue weighted by Gasteiger charge is -2.15. The van der Waals surface area contributed by atoms with Crippen molar-refractivity contribution < 1.29 is 32.6 Å². The number of hydrogen-bond donors (Lipinski definition) is 1. The van der Waals surface area contributed by atoms with Crippen molar-refractivity contribution in [2.75, 3.05) is 19.0 Å². The van der Waals surface area contributed by atoms with Crippen molar-refractivity contribution in [2.45, 2.75) is 39.0 Å². The number of thiophene rings is 1. The van der Waals surface area contributed by atoms with E-state index in [9.17, 15) is 18.4 Å². The third-order valence-corrected chi connectivity index (χ3v) is 9.01. The van der Waals surface area contributed by atoms with Gasteiger partial charge in [0, 0.05) is 37.3 Å². The summed E-state index contributed by atoms with van der Waals surface area (Å²) >= 11 is 1.13. The first kappa shape index (κ1) is 29.3. The van der Waals surface area contributed by atoms with Crippen LogP contribution in [0.25, 0.3) is 27.0 Å². The molecule has 0 spiro atoms. The lowest BCUT2D eigenvalue weighted by atomic mass is 10.1. The number of ether oxygens (including phenoxy) is 3. The van der Waals surface area contributed by atoms with Gasteiger partial charge in [-0.05, 0) is 35.7 Å². The summed E-state index contributed by atoms with van der Waals surface area (Å²) in [6.45, 7) is 4.18. The molecule has 0 bridgehead atoms. The first-order valence-corrected chi connectivity index (χ1v) is 17.4. The van der Waals surface area contributed by atoms with Gasteiger partial charge in [0.05, 0.1) is 25.2 Å². The molecule has 0 fully saturated rings. The average molecular weight is 615 g/mol. The molecule has 11 nitrogen and oxygen atoms in total. The zero-order valence-electron chi connectivity index (χ0n) is 23.3. The number of amides is 1. The lowest BCUT2D eigenvalue weighted by molar-refractivity contribution is -0.0493. The van der Waals surface area contributed by atoms with Crippen LogP contribution in [-0.2, 0) is 16.2 Å². The number of hydrogen-bond acceptors (Lipinski definition) is 9. The van der Waals surface area contributed by atoms with Gasteiger partial charge >= 0.3 is 12.6 Å². The zero-order valence-corrected chi connectivity index (χ0v) is 25.1. The van der Waals surface area contributed by atoms with Crippen molar-refractivity contribution in [2.24, 2.45) is 0 Å². The molecule has 4 aromatic heterocycles. The highest BCUT2D eigenvalue weighted by molar-refractivity contribution is 7.20. The van der Waals surface area contributed by atoms with E-state index in [-0.39, 0.29) is 35.0 Å². The maximum atomic E-state index is 13.5. The van der Waals surface area contributed by atoms with E-state index in [1.54, 1.807) is 36.8 Å².